The monoisotopic (exact) mass is 309 g/mol. The molecule has 3 nitrogen and oxygen atoms in total. The van der Waals surface area contributed by atoms with Crippen LogP contribution in [-0.4, -0.2) is 18.6 Å². The average molecular weight is 310 g/mol. The Kier molecular flexibility index (Phi) is 5.65. The Balaban J connectivity index is 2.26. The molecule has 1 aromatic rings. The van der Waals surface area contributed by atoms with E-state index in [0.29, 0.717) is 17.7 Å². The molecule has 0 saturated heterocycles. The first-order valence-corrected chi connectivity index (χ1v) is 8.15. The third-order valence-corrected chi connectivity index (χ3v) is 4.42. The third kappa shape index (κ3) is 3.98. The van der Waals surface area contributed by atoms with Crippen molar-refractivity contribution >= 4 is 17.6 Å². The van der Waals surface area contributed by atoms with Gasteiger partial charge in [0.1, 0.15) is 5.54 Å². The van der Waals surface area contributed by atoms with E-state index in [1.165, 1.54) is 19.3 Å². The molecule has 0 radical (unpaired) electrons. The van der Waals surface area contributed by atoms with E-state index in [4.69, 9.17) is 16.3 Å². The van der Waals surface area contributed by atoms with Crippen LogP contribution >= 0.6 is 11.6 Å². The van der Waals surface area contributed by atoms with Crippen LogP contribution in [0.5, 0.6) is 0 Å². The van der Waals surface area contributed by atoms with Gasteiger partial charge in [-0.05, 0) is 44.4 Å². The summed E-state index contributed by atoms with van der Waals surface area (Å²) in [6.07, 6.45) is 5.93. The summed E-state index contributed by atoms with van der Waals surface area (Å²) in [5.74, 6) is -0.238. The zero-order chi connectivity index (χ0) is 15.3. The second kappa shape index (κ2) is 7.28. The fourth-order valence-corrected chi connectivity index (χ4v) is 3.18. The van der Waals surface area contributed by atoms with E-state index < -0.39 is 5.54 Å². The van der Waals surface area contributed by atoms with Gasteiger partial charge in [-0.25, -0.2) is 4.79 Å². The normalized spacial score (nSPS) is 19.0. The summed E-state index contributed by atoms with van der Waals surface area (Å²) in [4.78, 5) is 12.5. The van der Waals surface area contributed by atoms with Crippen LogP contribution in [0.2, 0.25) is 5.02 Å². The zero-order valence-corrected chi connectivity index (χ0v) is 13.6. The van der Waals surface area contributed by atoms with Crippen molar-refractivity contribution in [3.05, 3.63) is 34.9 Å². The molecule has 0 bridgehead atoms. The van der Waals surface area contributed by atoms with Gasteiger partial charge in [-0.2, -0.15) is 0 Å². The molecule has 116 valence electrons. The number of rotatable bonds is 5. The molecule has 0 aliphatic heterocycles. The molecule has 0 aromatic heterocycles. The number of ether oxygens (including phenoxy) is 1. The first kappa shape index (κ1) is 16.3. The Labute approximate surface area is 132 Å². The van der Waals surface area contributed by atoms with E-state index in [-0.39, 0.29) is 5.97 Å². The maximum absolute atomic E-state index is 12.5. The van der Waals surface area contributed by atoms with Crippen LogP contribution in [0, 0.1) is 0 Å². The highest BCUT2D eigenvalue weighted by Gasteiger charge is 2.38. The van der Waals surface area contributed by atoms with Gasteiger partial charge in [0.15, 0.2) is 0 Å². The fraction of sp³-hybridized carbons (Fsp3) is 0.588. The van der Waals surface area contributed by atoms with E-state index in [1.807, 2.05) is 38.1 Å². The lowest BCUT2D eigenvalue weighted by atomic mass is 9.87. The van der Waals surface area contributed by atoms with Crippen LogP contribution in [0.3, 0.4) is 0 Å². The number of carbonyl (C=O) groups is 1. The van der Waals surface area contributed by atoms with Gasteiger partial charge in [0.2, 0.25) is 0 Å². The van der Waals surface area contributed by atoms with Crippen molar-refractivity contribution in [1.82, 2.24) is 5.32 Å². The maximum Gasteiger partial charge on any atom is 0.330 e. The van der Waals surface area contributed by atoms with Gasteiger partial charge >= 0.3 is 5.97 Å². The fourth-order valence-electron chi connectivity index (χ4n) is 2.99. The van der Waals surface area contributed by atoms with Crippen molar-refractivity contribution in [1.29, 1.82) is 0 Å². The van der Waals surface area contributed by atoms with E-state index in [9.17, 15) is 4.79 Å². The Bertz CT molecular complexity index is 485. The van der Waals surface area contributed by atoms with Gasteiger partial charge in [0.05, 0.1) is 6.61 Å². The molecule has 1 aromatic carbocycles. The smallest absolute Gasteiger partial charge is 0.330 e. The number of benzene rings is 1. The maximum atomic E-state index is 12.5. The number of hydrogen-bond acceptors (Lipinski definition) is 3. The molecule has 1 N–H and O–H groups in total. The molecule has 21 heavy (non-hydrogen) atoms. The van der Waals surface area contributed by atoms with Crippen molar-refractivity contribution in [2.45, 2.75) is 57.5 Å². The second-order valence-electron chi connectivity index (χ2n) is 5.84. The van der Waals surface area contributed by atoms with E-state index in [1.54, 1.807) is 0 Å². The van der Waals surface area contributed by atoms with Crippen LogP contribution in [0.15, 0.2) is 24.3 Å². The highest BCUT2D eigenvalue weighted by atomic mass is 35.5. The number of esters is 1. The van der Waals surface area contributed by atoms with Crippen LogP contribution in [0.25, 0.3) is 0 Å². The summed E-state index contributed by atoms with van der Waals surface area (Å²) in [7, 11) is 0. The molecule has 0 amide bonds. The third-order valence-electron chi connectivity index (χ3n) is 4.18. The molecule has 4 heteroatoms. The minimum atomic E-state index is -0.844. The summed E-state index contributed by atoms with van der Waals surface area (Å²) in [5, 5.41) is 4.16. The van der Waals surface area contributed by atoms with E-state index >= 15 is 0 Å². The molecule has 1 saturated carbocycles. The first-order valence-electron chi connectivity index (χ1n) is 7.77. The summed E-state index contributed by atoms with van der Waals surface area (Å²) in [6, 6.07) is 7.81. The number of halogens is 1. The first-order chi connectivity index (χ1) is 10.1. The van der Waals surface area contributed by atoms with Gasteiger partial charge in [-0.1, -0.05) is 43.0 Å². The average Bonchev–Trinajstić information content (AvgIpc) is 2.48. The minimum absolute atomic E-state index is 0.238. The van der Waals surface area contributed by atoms with Gasteiger partial charge in [-0.15, -0.1) is 0 Å². The lowest BCUT2D eigenvalue weighted by molar-refractivity contribution is -0.151. The van der Waals surface area contributed by atoms with Gasteiger partial charge in [0, 0.05) is 11.1 Å². The molecule has 2 rings (SSSR count). The molecule has 1 aliphatic carbocycles. The van der Waals surface area contributed by atoms with Gasteiger partial charge in [0.25, 0.3) is 0 Å². The Hall–Kier alpha value is -1.06. The summed E-state index contributed by atoms with van der Waals surface area (Å²) in [6.45, 7) is 4.10. The quantitative estimate of drug-likeness (QED) is 0.834. The van der Waals surface area contributed by atoms with Crippen LogP contribution in [0.4, 0.5) is 0 Å². The van der Waals surface area contributed by atoms with Crippen LogP contribution < -0.4 is 5.32 Å². The zero-order valence-electron chi connectivity index (χ0n) is 12.8. The molecule has 1 atom stereocenters. The van der Waals surface area contributed by atoms with Crippen molar-refractivity contribution in [3.63, 3.8) is 0 Å². The Morgan fingerprint density at radius 3 is 2.71 bits per heavy atom. The number of carbonyl (C=O) groups excluding carboxylic acids is 1. The number of hydrogen-bond donors (Lipinski definition) is 1. The van der Waals surface area contributed by atoms with Gasteiger partial charge < -0.3 is 4.74 Å². The molecule has 0 spiro atoms. The molecular weight excluding hydrogens is 286 g/mol. The van der Waals surface area contributed by atoms with Crippen molar-refractivity contribution in [2.75, 3.05) is 6.61 Å². The summed E-state index contributed by atoms with van der Waals surface area (Å²) >= 11 is 6.10. The Morgan fingerprint density at radius 2 is 2.10 bits per heavy atom. The largest absolute Gasteiger partial charge is 0.464 e. The molecule has 0 heterocycles. The molecular formula is C17H24ClNO2. The lowest BCUT2D eigenvalue weighted by Crippen LogP contribution is -2.52. The number of nitrogens with one attached hydrogen (secondary N) is 1. The van der Waals surface area contributed by atoms with E-state index in [2.05, 4.69) is 5.32 Å². The van der Waals surface area contributed by atoms with E-state index in [0.717, 1.165) is 18.4 Å². The SMILES string of the molecule is CCOC(=O)C(C)(NC1CCCCC1)c1cccc(Cl)c1. The predicted molar refractivity (Wildman–Crippen MR) is 85.4 cm³/mol. The summed E-state index contributed by atoms with van der Waals surface area (Å²) in [5.41, 5.74) is 0.0159. The van der Waals surface area contributed by atoms with Crippen molar-refractivity contribution < 1.29 is 9.53 Å². The highest BCUT2D eigenvalue weighted by molar-refractivity contribution is 6.30. The van der Waals surface area contributed by atoms with Crippen molar-refractivity contribution in [2.24, 2.45) is 0 Å². The minimum Gasteiger partial charge on any atom is -0.464 e. The standard InChI is InChI=1S/C17H24ClNO2/c1-3-21-16(20)17(2,13-8-7-9-14(18)12-13)19-15-10-5-4-6-11-15/h7-9,12,15,19H,3-6,10-11H2,1-2H3. The highest BCUT2D eigenvalue weighted by Crippen LogP contribution is 2.29. The van der Waals surface area contributed by atoms with Crippen molar-refractivity contribution in [3.8, 4) is 0 Å². The molecule has 1 unspecified atom stereocenters. The molecule has 1 aliphatic rings. The Morgan fingerprint density at radius 1 is 1.38 bits per heavy atom. The summed E-state index contributed by atoms with van der Waals surface area (Å²) < 4.78 is 5.30. The van der Waals surface area contributed by atoms with Crippen LogP contribution in [0.1, 0.15) is 51.5 Å². The van der Waals surface area contributed by atoms with Gasteiger partial charge in [-0.3, -0.25) is 5.32 Å². The second-order valence-corrected chi connectivity index (χ2v) is 6.27. The van der Waals surface area contributed by atoms with Crippen LogP contribution in [-0.2, 0) is 15.1 Å². The lowest BCUT2D eigenvalue weighted by Gasteiger charge is -2.35. The topological polar surface area (TPSA) is 38.3 Å². The predicted octanol–water partition coefficient (Wildman–Crippen LogP) is 4.04. The molecule has 1 fully saturated rings.